The fraction of sp³-hybridized carbons (Fsp3) is 0.368. The molecule has 1 heteroatoms. The van der Waals surface area contributed by atoms with Gasteiger partial charge in [-0.25, -0.2) is 0 Å². The first-order valence-electron chi connectivity index (χ1n) is 22.5. The summed E-state index contributed by atoms with van der Waals surface area (Å²) in [6.45, 7) is 14.8. The molecule has 0 unspecified atom stereocenters. The predicted molar refractivity (Wildman–Crippen MR) is 243 cm³/mol. The van der Waals surface area contributed by atoms with E-state index in [0.29, 0.717) is 11.8 Å². The van der Waals surface area contributed by atoms with E-state index in [1.165, 1.54) is 118 Å². The molecule has 7 aliphatic carbocycles. The predicted octanol–water partition coefficient (Wildman–Crippen LogP) is 15.2. The molecular formula is C57H57N. The Kier molecular flexibility index (Phi) is 7.18. The van der Waals surface area contributed by atoms with Crippen molar-refractivity contribution in [2.75, 3.05) is 4.90 Å². The van der Waals surface area contributed by atoms with Gasteiger partial charge in [0.05, 0.1) is 11.4 Å². The van der Waals surface area contributed by atoms with Gasteiger partial charge in [0.1, 0.15) is 0 Å². The molecular weight excluding hydrogens is 699 g/mol. The molecule has 6 aromatic carbocycles. The molecule has 7 aliphatic rings. The highest BCUT2D eigenvalue weighted by Gasteiger charge is 2.62. The van der Waals surface area contributed by atoms with Crippen LogP contribution in [0.3, 0.4) is 0 Å². The lowest BCUT2D eigenvalue weighted by Gasteiger charge is -2.61. The van der Waals surface area contributed by atoms with E-state index < -0.39 is 0 Å². The molecule has 0 amide bonds. The molecule has 0 radical (unpaired) electrons. The van der Waals surface area contributed by atoms with Crippen LogP contribution in [0.4, 0.5) is 17.1 Å². The fourth-order valence-corrected chi connectivity index (χ4v) is 14.5. The molecule has 58 heavy (non-hydrogen) atoms. The molecule has 290 valence electrons. The van der Waals surface area contributed by atoms with Crippen molar-refractivity contribution in [2.45, 2.75) is 108 Å². The van der Waals surface area contributed by atoms with Crippen molar-refractivity contribution in [1.29, 1.82) is 0 Å². The van der Waals surface area contributed by atoms with E-state index in [2.05, 4.69) is 174 Å². The number of hydrogen-bond donors (Lipinski definition) is 0. The SMILES string of the molecule is CC1(C)CCC(C)(C)c2c(N(c3ccc4c(c3)C(C)(C)c3ccccc3-4)c3cccc4c3-c3cccc(-c5ccccc5)c3C43C4CC5CC(C4)CC3C5)cccc21. The van der Waals surface area contributed by atoms with Crippen LogP contribution in [0.15, 0.2) is 127 Å². The molecule has 4 fully saturated rings. The van der Waals surface area contributed by atoms with E-state index in [4.69, 9.17) is 0 Å². The molecule has 0 saturated heterocycles. The molecule has 4 bridgehead atoms. The van der Waals surface area contributed by atoms with Crippen LogP contribution in [0.5, 0.6) is 0 Å². The highest BCUT2D eigenvalue weighted by atomic mass is 15.2. The van der Waals surface area contributed by atoms with Gasteiger partial charge in [-0.05, 0) is 165 Å². The minimum Gasteiger partial charge on any atom is -0.310 e. The number of rotatable bonds is 4. The van der Waals surface area contributed by atoms with Crippen molar-refractivity contribution in [3.63, 3.8) is 0 Å². The highest BCUT2D eigenvalue weighted by Crippen LogP contribution is 2.72. The van der Waals surface area contributed by atoms with Crippen molar-refractivity contribution in [3.05, 3.63) is 161 Å². The lowest BCUT2D eigenvalue weighted by atomic mass is 9.42. The first kappa shape index (κ1) is 35.1. The largest absolute Gasteiger partial charge is 0.310 e. The third kappa shape index (κ3) is 4.54. The van der Waals surface area contributed by atoms with E-state index in [1.54, 1.807) is 11.1 Å². The van der Waals surface area contributed by atoms with Crippen LogP contribution in [0.1, 0.15) is 120 Å². The minimum absolute atomic E-state index is 0.0327. The smallest absolute Gasteiger partial charge is 0.0543 e. The first-order chi connectivity index (χ1) is 28.0. The van der Waals surface area contributed by atoms with Gasteiger partial charge in [-0.1, -0.05) is 145 Å². The summed E-state index contributed by atoms with van der Waals surface area (Å²) in [5.41, 5.74) is 21.7. The zero-order chi connectivity index (χ0) is 39.3. The van der Waals surface area contributed by atoms with Gasteiger partial charge in [0.15, 0.2) is 0 Å². The van der Waals surface area contributed by atoms with Crippen LogP contribution in [-0.2, 0) is 21.7 Å². The van der Waals surface area contributed by atoms with Gasteiger partial charge in [0.25, 0.3) is 0 Å². The number of anilines is 3. The second kappa shape index (κ2) is 11.9. The van der Waals surface area contributed by atoms with Gasteiger partial charge in [-0.15, -0.1) is 0 Å². The Labute approximate surface area is 346 Å². The van der Waals surface area contributed by atoms with Gasteiger partial charge in [0.2, 0.25) is 0 Å². The molecule has 0 aromatic heterocycles. The molecule has 1 spiro atoms. The summed E-state index contributed by atoms with van der Waals surface area (Å²) < 4.78 is 0. The molecule has 0 aliphatic heterocycles. The zero-order valence-corrected chi connectivity index (χ0v) is 35.3. The number of nitrogens with zero attached hydrogens (tertiary/aromatic N) is 1. The van der Waals surface area contributed by atoms with Gasteiger partial charge in [-0.2, -0.15) is 0 Å². The van der Waals surface area contributed by atoms with Gasteiger partial charge in [-0.3, -0.25) is 0 Å². The average molecular weight is 756 g/mol. The molecule has 1 nitrogen and oxygen atoms in total. The first-order valence-corrected chi connectivity index (χ1v) is 22.5. The molecule has 4 saturated carbocycles. The normalized spacial score (nSPS) is 26.8. The van der Waals surface area contributed by atoms with E-state index >= 15 is 0 Å². The monoisotopic (exact) mass is 755 g/mol. The lowest BCUT2D eigenvalue weighted by molar-refractivity contribution is -0.0397. The van der Waals surface area contributed by atoms with Gasteiger partial charge < -0.3 is 4.90 Å². The van der Waals surface area contributed by atoms with Crippen LogP contribution in [0.25, 0.3) is 33.4 Å². The van der Waals surface area contributed by atoms with Crippen LogP contribution in [0.2, 0.25) is 0 Å². The summed E-state index contributed by atoms with van der Waals surface area (Å²) >= 11 is 0. The Balaban J connectivity index is 1.17. The summed E-state index contributed by atoms with van der Waals surface area (Å²) in [5, 5.41) is 0. The maximum Gasteiger partial charge on any atom is 0.0543 e. The standard InChI is InChI=1S/C57H57N/c1-54(2)27-28-55(3,4)53-47(54)22-14-24-50(53)58(40-25-26-43-42-17-10-11-20-45(42)56(5,6)48(43)34-40)49-23-13-21-46-51(49)44-19-12-18-41(37-15-8-7-9-16-37)52(44)57(46)38-30-35-29-36(32-38)33-39(57)31-35/h7-26,34-36,38-39H,27-33H2,1-6H3. The van der Waals surface area contributed by atoms with Gasteiger partial charge >= 0.3 is 0 Å². The Morgan fingerprint density at radius 1 is 0.448 bits per heavy atom. The minimum atomic E-state index is -0.0920. The van der Waals surface area contributed by atoms with Crippen LogP contribution >= 0.6 is 0 Å². The Bertz CT molecular complexity index is 2640. The maximum absolute atomic E-state index is 2.74. The number of fused-ring (bicyclic) bond motifs is 7. The third-order valence-corrected chi connectivity index (χ3v) is 16.9. The van der Waals surface area contributed by atoms with E-state index in [1.807, 2.05) is 0 Å². The molecule has 6 aromatic rings. The fourth-order valence-electron chi connectivity index (χ4n) is 14.5. The highest BCUT2D eigenvalue weighted by molar-refractivity contribution is 5.99. The summed E-state index contributed by atoms with van der Waals surface area (Å²) in [7, 11) is 0. The quantitative estimate of drug-likeness (QED) is 0.173. The third-order valence-electron chi connectivity index (χ3n) is 16.9. The topological polar surface area (TPSA) is 3.24 Å². The van der Waals surface area contributed by atoms with Crippen molar-refractivity contribution in [1.82, 2.24) is 0 Å². The summed E-state index contributed by atoms with van der Waals surface area (Å²) in [6.07, 6.45) is 9.33. The van der Waals surface area contributed by atoms with Crippen molar-refractivity contribution < 1.29 is 0 Å². The molecule has 0 heterocycles. The second-order valence-electron chi connectivity index (χ2n) is 21.2. The Morgan fingerprint density at radius 2 is 1.03 bits per heavy atom. The van der Waals surface area contributed by atoms with Gasteiger partial charge in [0, 0.05) is 22.1 Å². The zero-order valence-electron chi connectivity index (χ0n) is 35.3. The maximum atomic E-state index is 2.74. The molecule has 0 N–H and O–H groups in total. The second-order valence-corrected chi connectivity index (χ2v) is 21.2. The Hall–Kier alpha value is -4.88. The molecule has 0 atom stereocenters. The van der Waals surface area contributed by atoms with Crippen LogP contribution in [0, 0.1) is 23.7 Å². The van der Waals surface area contributed by atoms with Crippen LogP contribution < -0.4 is 4.90 Å². The van der Waals surface area contributed by atoms with E-state index in [9.17, 15) is 0 Å². The van der Waals surface area contributed by atoms with Crippen LogP contribution in [-0.4, -0.2) is 0 Å². The Morgan fingerprint density at radius 3 is 1.79 bits per heavy atom. The average Bonchev–Trinajstić information content (AvgIpc) is 3.65. The summed E-state index contributed by atoms with van der Waals surface area (Å²) in [6, 6.07) is 50.1. The van der Waals surface area contributed by atoms with Crippen molar-refractivity contribution in [3.8, 4) is 33.4 Å². The van der Waals surface area contributed by atoms with Crippen molar-refractivity contribution in [2.24, 2.45) is 23.7 Å². The summed E-state index contributed by atoms with van der Waals surface area (Å²) in [4.78, 5) is 2.74. The lowest BCUT2D eigenvalue weighted by Crippen LogP contribution is -2.55. The van der Waals surface area contributed by atoms with E-state index in [0.717, 1.165) is 11.8 Å². The van der Waals surface area contributed by atoms with E-state index in [-0.39, 0.29) is 21.7 Å². The summed E-state index contributed by atoms with van der Waals surface area (Å²) in [5.74, 6) is 3.15. The molecule has 13 rings (SSSR count). The number of benzene rings is 6. The van der Waals surface area contributed by atoms with Crippen molar-refractivity contribution >= 4 is 17.1 Å². The number of hydrogen-bond acceptors (Lipinski definition) is 1.